The lowest BCUT2D eigenvalue weighted by Crippen LogP contribution is -2.50. The molecule has 0 aliphatic rings. The van der Waals surface area contributed by atoms with Crippen molar-refractivity contribution in [2.45, 2.75) is 52.2 Å². The molecule has 2 aromatic rings. The fourth-order valence-electron chi connectivity index (χ4n) is 3.24. The SMILES string of the molecule is CCC(C(=O)NC(C)C)N(Cc1ccc(Cl)c(Cl)c1)C(=O)Cc1ccccc1[N+](=O)[O-]. The highest BCUT2D eigenvalue weighted by molar-refractivity contribution is 6.42. The van der Waals surface area contributed by atoms with Crippen LogP contribution in [0.5, 0.6) is 0 Å². The van der Waals surface area contributed by atoms with Crippen molar-refractivity contribution in [2.75, 3.05) is 0 Å². The number of nitro benzene ring substituents is 1. The lowest BCUT2D eigenvalue weighted by Gasteiger charge is -2.31. The largest absolute Gasteiger partial charge is 0.352 e. The van der Waals surface area contributed by atoms with Crippen molar-refractivity contribution in [3.63, 3.8) is 0 Å². The van der Waals surface area contributed by atoms with E-state index in [1.165, 1.54) is 11.0 Å². The van der Waals surface area contributed by atoms with Crippen LogP contribution in [0.4, 0.5) is 5.69 Å². The van der Waals surface area contributed by atoms with E-state index in [2.05, 4.69) is 5.32 Å². The summed E-state index contributed by atoms with van der Waals surface area (Å²) in [7, 11) is 0. The molecule has 2 aromatic carbocycles. The first-order valence-electron chi connectivity index (χ1n) is 9.90. The number of halogens is 2. The number of benzene rings is 2. The molecule has 0 saturated heterocycles. The van der Waals surface area contributed by atoms with Gasteiger partial charge in [0.2, 0.25) is 11.8 Å². The molecule has 166 valence electrons. The number of amides is 2. The molecule has 0 heterocycles. The number of para-hydroxylation sites is 1. The van der Waals surface area contributed by atoms with Crippen molar-refractivity contribution in [2.24, 2.45) is 0 Å². The molecule has 1 N–H and O–H groups in total. The van der Waals surface area contributed by atoms with Crippen LogP contribution in [-0.4, -0.2) is 33.7 Å². The predicted molar refractivity (Wildman–Crippen MR) is 121 cm³/mol. The maximum atomic E-state index is 13.3. The standard InChI is InChI=1S/C22H25Cl2N3O4/c1-4-19(22(29)25-14(2)3)26(13-15-9-10-17(23)18(24)11-15)21(28)12-16-7-5-6-8-20(16)27(30)31/h5-11,14,19H,4,12-13H2,1-3H3,(H,25,29). The molecule has 9 heteroatoms. The smallest absolute Gasteiger partial charge is 0.273 e. The summed E-state index contributed by atoms with van der Waals surface area (Å²) in [5.74, 6) is -0.681. The summed E-state index contributed by atoms with van der Waals surface area (Å²) >= 11 is 12.1. The molecular weight excluding hydrogens is 441 g/mol. The molecule has 1 atom stereocenters. The van der Waals surface area contributed by atoms with Gasteiger partial charge in [0.1, 0.15) is 6.04 Å². The predicted octanol–water partition coefficient (Wildman–Crippen LogP) is 4.78. The monoisotopic (exact) mass is 465 g/mol. The van der Waals surface area contributed by atoms with E-state index >= 15 is 0 Å². The molecule has 2 amide bonds. The number of hydrogen-bond donors (Lipinski definition) is 1. The number of hydrogen-bond acceptors (Lipinski definition) is 4. The summed E-state index contributed by atoms with van der Waals surface area (Å²) in [6, 6.07) is 10.2. The van der Waals surface area contributed by atoms with E-state index in [-0.39, 0.29) is 36.2 Å². The summed E-state index contributed by atoms with van der Waals surface area (Å²) in [5.41, 5.74) is 0.849. The van der Waals surface area contributed by atoms with Gasteiger partial charge < -0.3 is 10.2 Å². The Kier molecular flexibility index (Phi) is 8.83. The Labute approximate surface area is 191 Å². The van der Waals surface area contributed by atoms with Crippen molar-refractivity contribution >= 4 is 40.7 Å². The van der Waals surface area contributed by atoms with Crippen LogP contribution >= 0.6 is 23.2 Å². The molecule has 0 bridgehead atoms. The van der Waals surface area contributed by atoms with Gasteiger partial charge in [-0.05, 0) is 38.0 Å². The van der Waals surface area contributed by atoms with Crippen LogP contribution in [0.3, 0.4) is 0 Å². The third-order valence-electron chi connectivity index (χ3n) is 4.68. The zero-order valence-corrected chi connectivity index (χ0v) is 19.1. The number of rotatable bonds is 9. The number of carbonyl (C=O) groups excluding carboxylic acids is 2. The summed E-state index contributed by atoms with van der Waals surface area (Å²) in [5, 5.41) is 14.9. The van der Waals surface area contributed by atoms with Crippen molar-refractivity contribution in [3.8, 4) is 0 Å². The second-order valence-electron chi connectivity index (χ2n) is 7.42. The van der Waals surface area contributed by atoms with Crippen LogP contribution < -0.4 is 5.32 Å². The van der Waals surface area contributed by atoms with E-state index in [4.69, 9.17) is 23.2 Å². The highest BCUT2D eigenvalue weighted by atomic mass is 35.5. The Morgan fingerprint density at radius 3 is 2.39 bits per heavy atom. The van der Waals surface area contributed by atoms with Crippen LogP contribution in [0.2, 0.25) is 10.0 Å². The molecule has 31 heavy (non-hydrogen) atoms. The van der Waals surface area contributed by atoms with Gasteiger partial charge in [-0.3, -0.25) is 19.7 Å². The van der Waals surface area contributed by atoms with E-state index < -0.39 is 16.9 Å². The van der Waals surface area contributed by atoms with Gasteiger partial charge in [0.05, 0.1) is 21.4 Å². The van der Waals surface area contributed by atoms with Gasteiger partial charge in [-0.25, -0.2) is 0 Å². The maximum absolute atomic E-state index is 13.3. The average Bonchev–Trinajstić information content (AvgIpc) is 2.70. The van der Waals surface area contributed by atoms with Gasteiger partial charge in [-0.2, -0.15) is 0 Å². The minimum atomic E-state index is -0.743. The van der Waals surface area contributed by atoms with Gasteiger partial charge in [0.25, 0.3) is 5.69 Å². The quantitative estimate of drug-likeness (QED) is 0.426. The van der Waals surface area contributed by atoms with Gasteiger partial charge in [0.15, 0.2) is 0 Å². The van der Waals surface area contributed by atoms with E-state index in [0.717, 1.165) is 0 Å². The Hall–Kier alpha value is -2.64. The van der Waals surface area contributed by atoms with Crippen LogP contribution in [0.25, 0.3) is 0 Å². The zero-order valence-electron chi connectivity index (χ0n) is 17.6. The Balaban J connectivity index is 2.39. The highest BCUT2D eigenvalue weighted by Gasteiger charge is 2.30. The molecule has 1 unspecified atom stereocenters. The second-order valence-corrected chi connectivity index (χ2v) is 8.23. The van der Waals surface area contributed by atoms with Crippen LogP contribution in [0.15, 0.2) is 42.5 Å². The van der Waals surface area contributed by atoms with Crippen molar-refractivity contribution in [1.29, 1.82) is 0 Å². The zero-order chi connectivity index (χ0) is 23.1. The molecule has 0 aliphatic carbocycles. The summed E-state index contributed by atoms with van der Waals surface area (Å²) < 4.78 is 0. The molecule has 0 spiro atoms. The number of carbonyl (C=O) groups is 2. The summed E-state index contributed by atoms with van der Waals surface area (Å²) in [6.07, 6.45) is 0.173. The first-order chi connectivity index (χ1) is 14.6. The van der Waals surface area contributed by atoms with Gasteiger partial charge in [-0.1, -0.05) is 54.4 Å². The number of nitrogens with one attached hydrogen (secondary N) is 1. The molecule has 0 radical (unpaired) electrons. The van der Waals surface area contributed by atoms with Gasteiger partial charge in [0, 0.05) is 24.2 Å². The Bertz CT molecular complexity index is 966. The lowest BCUT2D eigenvalue weighted by atomic mass is 10.1. The fourth-order valence-corrected chi connectivity index (χ4v) is 3.56. The summed E-state index contributed by atoms with van der Waals surface area (Å²) in [6.45, 7) is 5.59. The molecule has 7 nitrogen and oxygen atoms in total. The van der Waals surface area contributed by atoms with E-state index in [0.29, 0.717) is 22.0 Å². The highest BCUT2D eigenvalue weighted by Crippen LogP contribution is 2.25. The van der Waals surface area contributed by atoms with Gasteiger partial charge >= 0.3 is 0 Å². The average molecular weight is 466 g/mol. The summed E-state index contributed by atoms with van der Waals surface area (Å²) in [4.78, 5) is 38.4. The van der Waals surface area contributed by atoms with Crippen LogP contribution in [0, 0.1) is 10.1 Å². The van der Waals surface area contributed by atoms with Crippen molar-refractivity contribution < 1.29 is 14.5 Å². The molecule has 0 aliphatic heterocycles. The Morgan fingerprint density at radius 1 is 1.13 bits per heavy atom. The molecule has 0 fully saturated rings. The van der Waals surface area contributed by atoms with Crippen LogP contribution in [-0.2, 0) is 22.6 Å². The normalized spacial score (nSPS) is 11.8. The minimum Gasteiger partial charge on any atom is -0.352 e. The first-order valence-corrected chi connectivity index (χ1v) is 10.7. The molecular formula is C22H25Cl2N3O4. The molecule has 2 rings (SSSR count). The first kappa shape index (κ1) is 24.6. The minimum absolute atomic E-state index is 0.0984. The molecule has 0 aromatic heterocycles. The third kappa shape index (κ3) is 6.67. The third-order valence-corrected chi connectivity index (χ3v) is 5.42. The van der Waals surface area contributed by atoms with Crippen molar-refractivity contribution in [1.82, 2.24) is 10.2 Å². The topological polar surface area (TPSA) is 92.6 Å². The molecule has 0 saturated carbocycles. The Morgan fingerprint density at radius 2 is 1.81 bits per heavy atom. The van der Waals surface area contributed by atoms with Crippen LogP contribution in [0.1, 0.15) is 38.3 Å². The maximum Gasteiger partial charge on any atom is 0.273 e. The number of nitrogens with zero attached hydrogens (tertiary/aromatic N) is 2. The van der Waals surface area contributed by atoms with E-state index in [1.54, 1.807) is 36.4 Å². The second kappa shape index (κ2) is 11.1. The van der Waals surface area contributed by atoms with E-state index in [1.807, 2.05) is 20.8 Å². The fraction of sp³-hybridized carbons (Fsp3) is 0.364. The van der Waals surface area contributed by atoms with Gasteiger partial charge in [-0.15, -0.1) is 0 Å². The van der Waals surface area contributed by atoms with E-state index in [9.17, 15) is 19.7 Å². The number of nitro groups is 1. The van der Waals surface area contributed by atoms with Crippen molar-refractivity contribution in [3.05, 3.63) is 73.8 Å². The lowest BCUT2D eigenvalue weighted by molar-refractivity contribution is -0.385.